The number of carbonyl (C=O) groups excluding carboxylic acids is 1. The lowest BCUT2D eigenvalue weighted by molar-refractivity contribution is -0.120. The van der Waals surface area contributed by atoms with Crippen LogP contribution >= 0.6 is 23.4 Å². The first-order valence-corrected chi connectivity index (χ1v) is 9.50. The zero-order valence-corrected chi connectivity index (χ0v) is 16.2. The van der Waals surface area contributed by atoms with Crippen LogP contribution in [0.5, 0.6) is 0 Å². The minimum Gasteiger partial charge on any atom is -0.411 e. The lowest BCUT2D eigenvalue weighted by Gasteiger charge is -2.16. The lowest BCUT2D eigenvalue weighted by atomic mass is 10.1. The smallest absolute Gasteiger partial charge is 0.277 e. The molecular weight excluding hydrogens is 389 g/mol. The molecule has 0 saturated heterocycles. The van der Waals surface area contributed by atoms with E-state index in [4.69, 9.17) is 16.0 Å². The number of thioether (sulfide) groups is 1. The van der Waals surface area contributed by atoms with Crippen LogP contribution in [0.2, 0.25) is 5.02 Å². The van der Waals surface area contributed by atoms with Crippen LogP contribution in [0, 0.1) is 5.82 Å². The normalized spacial score (nSPS) is 13.2. The summed E-state index contributed by atoms with van der Waals surface area (Å²) >= 11 is 7.13. The number of rotatable bonds is 6. The molecule has 27 heavy (non-hydrogen) atoms. The van der Waals surface area contributed by atoms with Gasteiger partial charge in [0.2, 0.25) is 11.8 Å². The fraction of sp³-hybridized carbons (Fsp3) is 0.211. The van der Waals surface area contributed by atoms with Crippen molar-refractivity contribution in [2.45, 2.75) is 30.4 Å². The molecular formula is C19H17ClFN3O2S. The summed E-state index contributed by atoms with van der Waals surface area (Å²) in [6, 6.07) is 12.9. The second-order valence-corrected chi connectivity index (χ2v) is 7.65. The molecule has 0 fully saturated rings. The van der Waals surface area contributed by atoms with Crippen molar-refractivity contribution < 1.29 is 13.6 Å². The Balaban J connectivity index is 1.60. The monoisotopic (exact) mass is 405 g/mol. The summed E-state index contributed by atoms with van der Waals surface area (Å²) in [5.41, 5.74) is 1.53. The average molecular weight is 406 g/mol. The zero-order valence-electron chi connectivity index (χ0n) is 14.6. The third-order valence-electron chi connectivity index (χ3n) is 3.85. The fourth-order valence-corrected chi connectivity index (χ4v) is 3.25. The quantitative estimate of drug-likeness (QED) is 0.591. The first-order chi connectivity index (χ1) is 12.9. The minimum atomic E-state index is -0.444. The molecule has 0 aliphatic carbocycles. The molecule has 1 amide bonds. The van der Waals surface area contributed by atoms with Crippen molar-refractivity contribution >= 4 is 29.3 Å². The summed E-state index contributed by atoms with van der Waals surface area (Å²) in [4.78, 5) is 12.4. The molecule has 5 nitrogen and oxygen atoms in total. The van der Waals surface area contributed by atoms with Crippen LogP contribution in [0.25, 0.3) is 11.5 Å². The highest BCUT2D eigenvalue weighted by Gasteiger charge is 2.20. The van der Waals surface area contributed by atoms with E-state index in [0.717, 1.165) is 5.56 Å². The third kappa shape index (κ3) is 5.08. The number of amides is 1. The number of hydrogen-bond donors (Lipinski definition) is 1. The summed E-state index contributed by atoms with van der Waals surface area (Å²) < 4.78 is 18.6. The van der Waals surface area contributed by atoms with E-state index < -0.39 is 5.25 Å². The van der Waals surface area contributed by atoms with Crippen LogP contribution < -0.4 is 5.32 Å². The number of aromatic nitrogens is 2. The number of nitrogens with one attached hydrogen (secondary N) is 1. The Labute approximate surface area is 165 Å². The molecule has 2 atom stereocenters. The van der Waals surface area contributed by atoms with Crippen LogP contribution in [0.4, 0.5) is 4.39 Å². The van der Waals surface area contributed by atoms with Gasteiger partial charge in [0, 0.05) is 10.6 Å². The molecule has 1 aromatic heterocycles. The van der Waals surface area contributed by atoms with E-state index in [9.17, 15) is 9.18 Å². The van der Waals surface area contributed by atoms with Gasteiger partial charge in [-0.1, -0.05) is 41.6 Å². The minimum absolute atomic E-state index is 0.181. The van der Waals surface area contributed by atoms with E-state index in [0.29, 0.717) is 21.7 Å². The van der Waals surface area contributed by atoms with Gasteiger partial charge >= 0.3 is 0 Å². The van der Waals surface area contributed by atoms with E-state index in [1.165, 1.54) is 23.9 Å². The predicted octanol–water partition coefficient (Wildman–Crippen LogP) is 4.89. The zero-order chi connectivity index (χ0) is 19.4. The molecule has 0 aliphatic heterocycles. The van der Waals surface area contributed by atoms with E-state index in [2.05, 4.69) is 15.5 Å². The summed E-state index contributed by atoms with van der Waals surface area (Å²) in [7, 11) is 0. The van der Waals surface area contributed by atoms with Crippen molar-refractivity contribution in [2.75, 3.05) is 0 Å². The van der Waals surface area contributed by atoms with Gasteiger partial charge < -0.3 is 9.73 Å². The van der Waals surface area contributed by atoms with E-state index in [1.807, 2.05) is 13.0 Å². The van der Waals surface area contributed by atoms with Crippen LogP contribution in [-0.2, 0) is 4.79 Å². The fourth-order valence-electron chi connectivity index (χ4n) is 2.37. The van der Waals surface area contributed by atoms with Gasteiger partial charge in [0.05, 0.1) is 11.3 Å². The number of hydrogen-bond acceptors (Lipinski definition) is 5. The van der Waals surface area contributed by atoms with Gasteiger partial charge in [-0.15, -0.1) is 10.2 Å². The Morgan fingerprint density at radius 3 is 2.63 bits per heavy atom. The van der Waals surface area contributed by atoms with Crippen LogP contribution in [-0.4, -0.2) is 21.4 Å². The maximum Gasteiger partial charge on any atom is 0.277 e. The summed E-state index contributed by atoms with van der Waals surface area (Å²) in [5, 5.41) is 11.3. The van der Waals surface area contributed by atoms with Crippen LogP contribution in [0.15, 0.2) is 58.2 Å². The number of halogens is 2. The van der Waals surface area contributed by atoms with Gasteiger partial charge in [0.15, 0.2) is 0 Å². The van der Waals surface area contributed by atoms with E-state index >= 15 is 0 Å². The van der Waals surface area contributed by atoms with Crippen molar-refractivity contribution in [3.8, 4) is 11.5 Å². The maximum atomic E-state index is 13.0. The van der Waals surface area contributed by atoms with Gasteiger partial charge in [-0.25, -0.2) is 4.39 Å². The molecule has 0 radical (unpaired) electrons. The highest BCUT2D eigenvalue weighted by atomic mass is 35.5. The largest absolute Gasteiger partial charge is 0.411 e. The SMILES string of the molecule is CC(Sc1nnc(-c2cccc(Cl)c2)o1)C(=O)NC(C)c1ccc(F)cc1. The Hall–Kier alpha value is -2.38. The van der Waals surface area contributed by atoms with Gasteiger partial charge in [0.25, 0.3) is 5.22 Å². The van der Waals surface area contributed by atoms with Crippen molar-refractivity contribution in [1.29, 1.82) is 0 Å². The molecule has 0 spiro atoms. The first kappa shape index (κ1) is 19.4. The van der Waals surface area contributed by atoms with Crippen molar-refractivity contribution in [3.05, 3.63) is 64.9 Å². The third-order valence-corrected chi connectivity index (χ3v) is 5.02. The summed E-state index contributed by atoms with van der Waals surface area (Å²) in [6.45, 7) is 3.59. The van der Waals surface area contributed by atoms with Crippen LogP contribution in [0.1, 0.15) is 25.5 Å². The molecule has 1 N–H and O–H groups in total. The van der Waals surface area contributed by atoms with Crippen molar-refractivity contribution in [2.24, 2.45) is 0 Å². The Morgan fingerprint density at radius 2 is 1.93 bits per heavy atom. The molecule has 3 aromatic rings. The van der Waals surface area contributed by atoms with Crippen molar-refractivity contribution in [3.63, 3.8) is 0 Å². The lowest BCUT2D eigenvalue weighted by Crippen LogP contribution is -2.33. The number of nitrogens with zero attached hydrogens (tertiary/aromatic N) is 2. The predicted molar refractivity (Wildman–Crippen MR) is 103 cm³/mol. The van der Waals surface area contributed by atoms with Gasteiger partial charge in [-0.3, -0.25) is 4.79 Å². The maximum absolute atomic E-state index is 13.0. The topological polar surface area (TPSA) is 68.0 Å². The average Bonchev–Trinajstić information content (AvgIpc) is 3.10. The second-order valence-electron chi connectivity index (χ2n) is 5.93. The summed E-state index contributed by atoms with van der Waals surface area (Å²) in [5.74, 6) is -0.153. The molecule has 0 saturated carbocycles. The van der Waals surface area contributed by atoms with Crippen LogP contribution in [0.3, 0.4) is 0 Å². The molecule has 2 unspecified atom stereocenters. The molecule has 140 valence electrons. The Kier molecular flexibility index (Phi) is 6.13. The van der Waals surface area contributed by atoms with Gasteiger partial charge in [0.1, 0.15) is 5.82 Å². The molecule has 8 heteroatoms. The molecule has 0 aliphatic rings. The van der Waals surface area contributed by atoms with E-state index in [1.54, 1.807) is 37.3 Å². The number of benzene rings is 2. The summed E-state index contributed by atoms with van der Waals surface area (Å²) in [6.07, 6.45) is 0. The van der Waals surface area contributed by atoms with Crippen molar-refractivity contribution in [1.82, 2.24) is 15.5 Å². The highest BCUT2D eigenvalue weighted by molar-refractivity contribution is 8.00. The van der Waals surface area contributed by atoms with Gasteiger partial charge in [-0.05, 0) is 49.7 Å². The molecule has 3 rings (SSSR count). The number of carbonyl (C=O) groups is 1. The first-order valence-electron chi connectivity index (χ1n) is 8.24. The molecule has 1 heterocycles. The standard InChI is InChI=1S/C19H17ClFN3O2S/c1-11(13-6-8-16(21)9-7-13)22-17(25)12(2)27-19-24-23-18(26-19)14-4-3-5-15(20)10-14/h3-12H,1-2H3,(H,22,25). The van der Waals surface area contributed by atoms with Gasteiger partial charge in [-0.2, -0.15) is 0 Å². The molecule has 0 bridgehead atoms. The molecule has 2 aromatic carbocycles. The Bertz CT molecular complexity index is 933. The second kappa shape index (κ2) is 8.54. The van der Waals surface area contributed by atoms with E-state index in [-0.39, 0.29) is 17.8 Å². The highest BCUT2D eigenvalue weighted by Crippen LogP contribution is 2.27. The Morgan fingerprint density at radius 1 is 1.19 bits per heavy atom.